The van der Waals surface area contributed by atoms with Crippen molar-refractivity contribution in [3.05, 3.63) is 89.5 Å². The molecule has 0 spiro atoms. The maximum Gasteiger partial charge on any atom is 0.130 e. The van der Waals surface area contributed by atoms with Crippen molar-refractivity contribution >= 4 is 0 Å². The molecule has 0 bridgehead atoms. The highest BCUT2D eigenvalue weighted by atomic mass is 19.1. The summed E-state index contributed by atoms with van der Waals surface area (Å²) in [5.41, 5.74) is 1.88. The smallest absolute Gasteiger partial charge is 0.130 e. The number of aryl methyl sites for hydroxylation is 1. The van der Waals surface area contributed by atoms with Gasteiger partial charge in [-0.2, -0.15) is 0 Å². The lowest BCUT2D eigenvalue weighted by molar-refractivity contribution is 0.554. The highest BCUT2D eigenvalue weighted by molar-refractivity contribution is 5.26. The molecule has 1 N–H and O–H groups in total. The highest BCUT2D eigenvalue weighted by Gasteiger charge is 2.17. The summed E-state index contributed by atoms with van der Waals surface area (Å²) in [5, 5.41) is 3.41. The van der Waals surface area contributed by atoms with Gasteiger partial charge in [-0.3, -0.25) is 5.32 Å². The van der Waals surface area contributed by atoms with Gasteiger partial charge in [-0.15, -0.1) is 0 Å². The van der Waals surface area contributed by atoms with Gasteiger partial charge in [0.15, 0.2) is 0 Å². The fraction of sp³-hybridized carbons (Fsp3) is 0.167. The van der Waals surface area contributed by atoms with Crippen molar-refractivity contribution in [2.24, 2.45) is 7.05 Å². The van der Waals surface area contributed by atoms with Crippen molar-refractivity contribution < 1.29 is 8.78 Å². The minimum Gasteiger partial charge on any atom is -0.336 e. The number of imidazole rings is 1. The number of nitrogens with one attached hydrogen (secondary N) is 1. The van der Waals surface area contributed by atoms with Gasteiger partial charge in [-0.25, -0.2) is 13.8 Å². The number of aromatic nitrogens is 2. The molecular weight excluding hydrogens is 296 g/mol. The first-order chi connectivity index (χ1) is 11.1. The molecule has 0 aliphatic carbocycles. The molecule has 0 saturated carbocycles. The van der Waals surface area contributed by atoms with Gasteiger partial charge in [-0.05, 0) is 35.4 Å². The van der Waals surface area contributed by atoms with Crippen molar-refractivity contribution in [2.45, 2.75) is 12.6 Å². The topological polar surface area (TPSA) is 29.9 Å². The predicted molar refractivity (Wildman–Crippen MR) is 84.7 cm³/mol. The SMILES string of the molecule is Cn1ccnc1[C@@H](NCc1ccc(F)cc1)c1ccc(F)cc1. The lowest BCUT2D eigenvalue weighted by Crippen LogP contribution is -2.24. The molecule has 0 fully saturated rings. The second-order valence-corrected chi connectivity index (χ2v) is 5.39. The minimum absolute atomic E-state index is 0.180. The molecule has 23 heavy (non-hydrogen) atoms. The summed E-state index contributed by atoms with van der Waals surface area (Å²) in [6.45, 7) is 0.551. The average Bonchev–Trinajstić information content (AvgIpc) is 2.97. The Morgan fingerprint density at radius 1 is 1.00 bits per heavy atom. The molecule has 118 valence electrons. The first-order valence-corrected chi connectivity index (χ1v) is 7.34. The number of hydrogen-bond donors (Lipinski definition) is 1. The van der Waals surface area contributed by atoms with Gasteiger partial charge in [0.1, 0.15) is 17.5 Å². The van der Waals surface area contributed by atoms with E-state index in [2.05, 4.69) is 10.3 Å². The fourth-order valence-corrected chi connectivity index (χ4v) is 2.49. The van der Waals surface area contributed by atoms with Crippen LogP contribution in [0.5, 0.6) is 0 Å². The molecule has 0 amide bonds. The van der Waals surface area contributed by atoms with Gasteiger partial charge in [0.05, 0.1) is 6.04 Å². The highest BCUT2D eigenvalue weighted by Crippen LogP contribution is 2.21. The van der Waals surface area contributed by atoms with E-state index < -0.39 is 0 Å². The Hall–Kier alpha value is -2.53. The van der Waals surface area contributed by atoms with Crippen LogP contribution < -0.4 is 5.32 Å². The zero-order valence-corrected chi connectivity index (χ0v) is 12.7. The molecule has 5 heteroatoms. The zero-order chi connectivity index (χ0) is 16.2. The van der Waals surface area contributed by atoms with E-state index >= 15 is 0 Å². The van der Waals surface area contributed by atoms with Crippen LogP contribution in [-0.4, -0.2) is 9.55 Å². The van der Waals surface area contributed by atoms with Crippen LogP contribution in [0.2, 0.25) is 0 Å². The molecule has 1 heterocycles. The molecule has 0 unspecified atom stereocenters. The summed E-state index contributed by atoms with van der Waals surface area (Å²) in [6.07, 6.45) is 3.59. The molecule has 0 aliphatic heterocycles. The van der Waals surface area contributed by atoms with Crippen molar-refractivity contribution in [2.75, 3.05) is 0 Å². The van der Waals surface area contributed by atoms with Crippen LogP contribution in [0.15, 0.2) is 60.9 Å². The molecule has 1 aromatic heterocycles. The van der Waals surface area contributed by atoms with E-state index in [0.717, 1.165) is 17.0 Å². The van der Waals surface area contributed by atoms with Crippen molar-refractivity contribution in [3.8, 4) is 0 Å². The molecule has 3 nitrogen and oxygen atoms in total. The van der Waals surface area contributed by atoms with Crippen LogP contribution in [0, 0.1) is 11.6 Å². The van der Waals surface area contributed by atoms with Gasteiger partial charge in [-0.1, -0.05) is 24.3 Å². The average molecular weight is 313 g/mol. The Morgan fingerprint density at radius 2 is 1.61 bits per heavy atom. The standard InChI is InChI=1S/C18H17F2N3/c1-23-11-10-21-18(23)17(14-4-8-16(20)9-5-14)22-12-13-2-6-15(19)7-3-13/h2-11,17,22H,12H2,1H3/t17-/m0/s1. The molecule has 3 aromatic rings. The maximum absolute atomic E-state index is 13.2. The van der Waals surface area contributed by atoms with Crippen LogP contribution in [0.4, 0.5) is 8.78 Å². The third-order valence-electron chi connectivity index (χ3n) is 3.74. The van der Waals surface area contributed by atoms with Crippen molar-refractivity contribution in [1.82, 2.24) is 14.9 Å². The van der Waals surface area contributed by atoms with E-state index in [1.165, 1.54) is 24.3 Å². The van der Waals surface area contributed by atoms with E-state index in [1.54, 1.807) is 30.5 Å². The Bertz CT molecular complexity index is 764. The van der Waals surface area contributed by atoms with E-state index in [0.29, 0.717) is 6.54 Å². The van der Waals surface area contributed by atoms with Crippen molar-refractivity contribution in [1.29, 1.82) is 0 Å². The normalized spacial score (nSPS) is 12.3. The van der Waals surface area contributed by atoms with Crippen LogP contribution in [0.25, 0.3) is 0 Å². The summed E-state index contributed by atoms with van der Waals surface area (Å²) < 4.78 is 28.1. The monoisotopic (exact) mass is 313 g/mol. The van der Waals surface area contributed by atoms with Crippen molar-refractivity contribution in [3.63, 3.8) is 0 Å². The first-order valence-electron chi connectivity index (χ1n) is 7.34. The minimum atomic E-state index is -0.272. The second-order valence-electron chi connectivity index (χ2n) is 5.39. The predicted octanol–water partition coefficient (Wildman–Crippen LogP) is 3.58. The van der Waals surface area contributed by atoms with Gasteiger partial charge in [0, 0.05) is 26.0 Å². The molecule has 1 atom stereocenters. The summed E-state index contributed by atoms with van der Waals surface area (Å²) in [4.78, 5) is 4.39. The number of nitrogens with zero attached hydrogens (tertiary/aromatic N) is 2. The lowest BCUT2D eigenvalue weighted by atomic mass is 10.1. The molecule has 0 radical (unpaired) electrons. The third-order valence-corrected chi connectivity index (χ3v) is 3.74. The van der Waals surface area contributed by atoms with Crippen LogP contribution in [0.3, 0.4) is 0 Å². The number of rotatable bonds is 5. The molecule has 0 aliphatic rings. The molecule has 2 aromatic carbocycles. The summed E-state index contributed by atoms with van der Waals surface area (Å²) >= 11 is 0. The largest absolute Gasteiger partial charge is 0.336 e. The second kappa shape index (κ2) is 6.71. The Morgan fingerprint density at radius 3 is 2.17 bits per heavy atom. The maximum atomic E-state index is 13.2. The number of benzene rings is 2. The van der Waals surface area contributed by atoms with Gasteiger partial charge in [0.25, 0.3) is 0 Å². The fourth-order valence-electron chi connectivity index (χ4n) is 2.49. The van der Waals surface area contributed by atoms with E-state index in [1.807, 2.05) is 17.8 Å². The van der Waals surface area contributed by atoms with E-state index in [-0.39, 0.29) is 17.7 Å². The quantitative estimate of drug-likeness (QED) is 0.780. The lowest BCUT2D eigenvalue weighted by Gasteiger charge is -2.19. The summed E-state index contributed by atoms with van der Waals surface area (Å²) in [7, 11) is 1.92. The zero-order valence-electron chi connectivity index (χ0n) is 12.7. The Labute approximate surface area is 133 Å². The molecule has 3 rings (SSSR count). The molecule has 0 saturated heterocycles. The number of halogens is 2. The van der Waals surface area contributed by atoms with Gasteiger partial charge in [0.2, 0.25) is 0 Å². The summed E-state index contributed by atoms with van der Waals surface area (Å²) in [5.74, 6) is 0.303. The third kappa shape index (κ3) is 3.63. The van der Waals surface area contributed by atoms with Crippen LogP contribution in [-0.2, 0) is 13.6 Å². The van der Waals surface area contributed by atoms with Crippen LogP contribution in [0.1, 0.15) is 23.0 Å². The van der Waals surface area contributed by atoms with Gasteiger partial charge >= 0.3 is 0 Å². The van der Waals surface area contributed by atoms with Gasteiger partial charge < -0.3 is 4.57 Å². The Balaban J connectivity index is 1.85. The number of hydrogen-bond acceptors (Lipinski definition) is 2. The van der Waals surface area contributed by atoms with Crippen LogP contribution >= 0.6 is 0 Å². The summed E-state index contributed by atoms with van der Waals surface area (Å²) in [6, 6.07) is 12.5. The van der Waals surface area contributed by atoms with E-state index in [4.69, 9.17) is 0 Å². The van der Waals surface area contributed by atoms with E-state index in [9.17, 15) is 8.78 Å². The molecular formula is C18H17F2N3. The Kier molecular flexibility index (Phi) is 4.48. The first kappa shape index (κ1) is 15.4.